The summed E-state index contributed by atoms with van der Waals surface area (Å²) in [5.74, 6) is -3.91. The molecule has 9 N–H and O–H groups in total. The fourth-order valence-corrected chi connectivity index (χ4v) is 13.6. The largest absolute Gasteiger partial charge is 0.394 e. The molecule has 0 aliphatic rings. The van der Waals surface area contributed by atoms with Gasteiger partial charge in [-0.2, -0.15) is 0 Å². The van der Waals surface area contributed by atoms with Crippen molar-refractivity contribution in [3.63, 3.8) is 0 Å². The van der Waals surface area contributed by atoms with Gasteiger partial charge in [-0.05, 0) is 142 Å². The number of aliphatic hydroxyl groups is 6. The van der Waals surface area contributed by atoms with E-state index in [-0.39, 0.29) is 84.1 Å². The number of anilines is 2. The molecule has 0 saturated carbocycles. The Bertz CT molecular complexity index is 1860. The third kappa shape index (κ3) is 13.0. The predicted octanol–water partition coefficient (Wildman–Crippen LogP) is 0.918. The number of halogens is 6. The number of nitrogens with zero attached hydrogens (tertiary/aromatic N) is 3. The zero-order valence-electron chi connectivity index (χ0n) is 29.8. The highest BCUT2D eigenvalue weighted by atomic mass is 127. The van der Waals surface area contributed by atoms with E-state index in [0.29, 0.717) is 3.57 Å². The van der Waals surface area contributed by atoms with E-state index in [4.69, 9.17) is 0 Å². The Morgan fingerprint density at radius 1 is 0.554 bits per heavy atom. The highest BCUT2D eigenvalue weighted by molar-refractivity contribution is 14.1. The van der Waals surface area contributed by atoms with Crippen molar-refractivity contribution in [2.45, 2.75) is 18.6 Å². The molecule has 2 aromatic rings. The lowest BCUT2D eigenvalue weighted by atomic mass is 10.1. The summed E-state index contributed by atoms with van der Waals surface area (Å²) in [7, 11) is 4.32. The second kappa shape index (κ2) is 24.0. The molecule has 0 bridgehead atoms. The summed E-state index contributed by atoms with van der Waals surface area (Å²) in [4.78, 5) is 83.1. The molecule has 6 amide bonds. The van der Waals surface area contributed by atoms with Crippen LogP contribution in [0.25, 0.3) is 0 Å². The average Bonchev–Trinajstić information content (AvgIpc) is 3.15. The van der Waals surface area contributed by atoms with Gasteiger partial charge in [0.1, 0.15) is 13.2 Å². The molecule has 0 radical (unpaired) electrons. The minimum Gasteiger partial charge on any atom is -0.394 e. The topological polar surface area (TPSA) is 270 Å². The fraction of sp³-hybridized carbons (Fsp3) is 0.438. The summed E-state index contributed by atoms with van der Waals surface area (Å²) < 4.78 is 1.65. The van der Waals surface area contributed by atoms with Crippen molar-refractivity contribution in [1.82, 2.24) is 20.0 Å². The Morgan fingerprint density at radius 2 is 0.893 bits per heavy atom. The molecule has 0 aromatic heterocycles. The molecule has 56 heavy (non-hydrogen) atoms. The third-order valence-corrected chi connectivity index (χ3v) is 14.2. The maximum absolute atomic E-state index is 14.0. The minimum absolute atomic E-state index is 0.0409. The molecule has 0 fully saturated rings. The molecular weight excluding hydrogens is 1420 g/mol. The summed E-state index contributed by atoms with van der Waals surface area (Å²) in [5.41, 5.74) is 0.483. The Kier molecular flexibility index (Phi) is 22.1. The van der Waals surface area contributed by atoms with Crippen LogP contribution in [0.4, 0.5) is 11.4 Å². The Labute approximate surface area is 403 Å². The van der Waals surface area contributed by atoms with Crippen molar-refractivity contribution < 1.29 is 59.4 Å². The first kappa shape index (κ1) is 51.5. The van der Waals surface area contributed by atoms with Gasteiger partial charge >= 0.3 is 0 Å². The third-order valence-electron chi connectivity index (χ3n) is 7.71. The molecule has 2 rings (SSSR count). The van der Waals surface area contributed by atoms with Crippen molar-refractivity contribution in [1.29, 1.82) is 0 Å². The molecule has 2 aromatic carbocycles. The maximum atomic E-state index is 14.0. The van der Waals surface area contributed by atoms with E-state index >= 15 is 0 Å². The molecule has 2 atom stereocenters. The number of amides is 6. The average molecular weight is 1460 g/mol. The second-order valence-electron chi connectivity index (χ2n) is 11.9. The van der Waals surface area contributed by atoms with Crippen molar-refractivity contribution in [3.8, 4) is 0 Å². The number of nitrogens with one attached hydrogen (secondary N) is 3. The zero-order valence-corrected chi connectivity index (χ0v) is 42.7. The number of carbonyl (C=O) groups excluding carboxylic acids is 6. The van der Waals surface area contributed by atoms with Crippen LogP contribution < -0.4 is 16.0 Å². The van der Waals surface area contributed by atoms with Gasteiger partial charge in [0.05, 0.1) is 73.3 Å². The monoisotopic (exact) mass is 1460 g/mol. The van der Waals surface area contributed by atoms with E-state index in [1.807, 2.05) is 136 Å². The van der Waals surface area contributed by atoms with E-state index in [9.17, 15) is 59.4 Å². The normalized spacial score (nSPS) is 12.1. The van der Waals surface area contributed by atoms with Gasteiger partial charge in [0.2, 0.25) is 11.8 Å². The van der Waals surface area contributed by atoms with Gasteiger partial charge in [-0.15, -0.1) is 0 Å². The molecule has 18 nitrogen and oxygen atoms in total. The Balaban J connectivity index is 2.44. The molecule has 2 unspecified atom stereocenters. The lowest BCUT2D eigenvalue weighted by Crippen LogP contribution is -2.38. The van der Waals surface area contributed by atoms with Crippen LogP contribution in [0.3, 0.4) is 0 Å². The SMILES string of the molecule is CN(CC(O)CO)C(=O)c1c(I)c(NC(=O)CO)c(I)c(C(=O)NCCCN(C)C(=O)c2c(I)c(NC(=O)CO)c(I)c(C(=O)N(C)CC(O)CO)c2I)c1I. The van der Waals surface area contributed by atoms with Crippen LogP contribution in [0.15, 0.2) is 0 Å². The number of carbonyl (C=O) groups is 6. The van der Waals surface area contributed by atoms with Crippen molar-refractivity contribution >= 4 is 182 Å². The van der Waals surface area contributed by atoms with E-state index < -0.39 is 74.1 Å². The molecule has 0 heterocycles. The van der Waals surface area contributed by atoms with Crippen LogP contribution in [0.2, 0.25) is 0 Å². The van der Waals surface area contributed by atoms with Crippen LogP contribution in [0.5, 0.6) is 0 Å². The maximum Gasteiger partial charge on any atom is 0.255 e. The molecule has 24 heteroatoms. The van der Waals surface area contributed by atoms with Gasteiger partial charge in [0.15, 0.2) is 0 Å². The zero-order chi connectivity index (χ0) is 42.8. The van der Waals surface area contributed by atoms with Crippen molar-refractivity contribution in [3.05, 3.63) is 43.7 Å². The van der Waals surface area contributed by atoms with Crippen LogP contribution in [-0.4, -0.2) is 167 Å². The number of aliphatic hydroxyl groups excluding tert-OH is 6. The molecule has 0 aliphatic heterocycles. The Morgan fingerprint density at radius 3 is 1.25 bits per heavy atom. The first-order chi connectivity index (χ1) is 26.2. The van der Waals surface area contributed by atoms with Crippen LogP contribution in [0, 0.1) is 21.4 Å². The first-order valence-corrected chi connectivity index (χ1v) is 22.5. The standard InChI is InChI=1S/C32H38I6N6O12/c1-42(30(54)19-22(34)20(32(56)44(3)8-14(50)10-46)26(38)28(25(19)37)41-16(52)12-48)6-4-5-39-29(53)17-21(33)18(31(55)43(2)7-13(49)9-45)24(36)27(23(17)35)40-15(51)11-47/h13-14,45-50H,4-12H2,1-3H3,(H,39,53)(H,40,51)(H,41,52). The van der Waals surface area contributed by atoms with Gasteiger partial charge in [0, 0.05) is 54.5 Å². The second-order valence-corrected chi connectivity index (χ2v) is 18.4. The molecule has 0 saturated heterocycles. The minimum atomic E-state index is -1.22. The van der Waals surface area contributed by atoms with E-state index in [2.05, 4.69) is 16.0 Å². The Hall–Kier alpha value is -0.600. The summed E-state index contributed by atoms with van der Waals surface area (Å²) in [6, 6.07) is 0. The highest BCUT2D eigenvalue weighted by Gasteiger charge is 2.33. The van der Waals surface area contributed by atoms with Crippen LogP contribution in [-0.2, 0) is 9.59 Å². The number of likely N-dealkylation sites (N-methyl/N-ethyl adjacent to an activating group) is 2. The number of rotatable bonds is 18. The molecule has 0 aliphatic carbocycles. The van der Waals surface area contributed by atoms with Gasteiger partial charge in [0.25, 0.3) is 23.6 Å². The van der Waals surface area contributed by atoms with E-state index in [0.717, 1.165) is 4.90 Å². The predicted molar refractivity (Wildman–Crippen MR) is 255 cm³/mol. The van der Waals surface area contributed by atoms with Gasteiger partial charge < -0.3 is 61.3 Å². The van der Waals surface area contributed by atoms with Gasteiger partial charge in [-0.25, -0.2) is 0 Å². The van der Waals surface area contributed by atoms with Crippen LogP contribution >= 0.6 is 136 Å². The molecular formula is C32H38I6N6O12. The van der Waals surface area contributed by atoms with Crippen LogP contribution in [0.1, 0.15) is 47.9 Å². The number of hydrogen-bond donors (Lipinski definition) is 9. The van der Waals surface area contributed by atoms with Gasteiger partial charge in [-0.3, -0.25) is 28.8 Å². The van der Waals surface area contributed by atoms with E-state index in [1.165, 1.54) is 30.9 Å². The summed E-state index contributed by atoms with van der Waals surface area (Å²) in [5, 5.41) is 65.1. The lowest BCUT2D eigenvalue weighted by molar-refractivity contribution is -0.119. The fourth-order valence-electron chi connectivity index (χ4n) is 4.86. The number of benzene rings is 2. The van der Waals surface area contributed by atoms with Crippen molar-refractivity contribution in [2.75, 3.05) is 84.4 Å². The summed E-state index contributed by atoms with van der Waals surface area (Å²) in [6.45, 7) is -3.20. The first-order valence-electron chi connectivity index (χ1n) is 16.0. The molecule has 310 valence electrons. The summed E-state index contributed by atoms with van der Waals surface area (Å²) >= 11 is 11.1. The quantitative estimate of drug-likeness (QED) is 0.0746. The van der Waals surface area contributed by atoms with Crippen molar-refractivity contribution in [2.24, 2.45) is 0 Å². The molecule has 0 spiro atoms. The van der Waals surface area contributed by atoms with Gasteiger partial charge in [-0.1, -0.05) is 0 Å². The number of hydrogen-bond acceptors (Lipinski definition) is 12. The summed E-state index contributed by atoms with van der Waals surface area (Å²) in [6.07, 6.45) is -2.22. The van der Waals surface area contributed by atoms with E-state index in [1.54, 1.807) is 0 Å². The smallest absolute Gasteiger partial charge is 0.255 e. The highest BCUT2D eigenvalue weighted by Crippen LogP contribution is 2.38. The lowest BCUT2D eigenvalue weighted by Gasteiger charge is -2.25.